The molecule has 0 spiro atoms. The van der Waals surface area contributed by atoms with E-state index in [0.717, 1.165) is 0 Å². The van der Waals surface area contributed by atoms with Crippen LogP contribution in [0.4, 0.5) is 0 Å². The van der Waals surface area contributed by atoms with Gasteiger partial charge in [-0.3, -0.25) is 4.57 Å². The maximum atomic E-state index is 11.2. The highest BCUT2D eigenvalue weighted by Crippen LogP contribution is 2.38. The molecule has 0 aromatic heterocycles. The van der Waals surface area contributed by atoms with Crippen LogP contribution in [0.15, 0.2) is 0 Å². The van der Waals surface area contributed by atoms with Crippen molar-refractivity contribution in [2.24, 2.45) is 0 Å². The maximum Gasteiger partial charge on any atom is 0.197 e. The lowest BCUT2D eigenvalue weighted by Gasteiger charge is -2.16. The normalized spacial score (nSPS) is 35.2. The summed E-state index contributed by atoms with van der Waals surface area (Å²) in [5, 5.41) is 9.46. The molecule has 0 radical (unpaired) electrons. The SMILES string of the molecule is CC1C[C@@H](O)[C@H](COP(C)(C)=O)O1. The van der Waals surface area contributed by atoms with Crippen molar-refractivity contribution < 1.29 is 18.9 Å². The molecular formula is C8H17O4P. The summed E-state index contributed by atoms with van der Waals surface area (Å²) < 4.78 is 21.7. The molecule has 1 aliphatic rings. The molecule has 1 heterocycles. The van der Waals surface area contributed by atoms with Crippen molar-refractivity contribution in [3.05, 3.63) is 0 Å². The van der Waals surface area contributed by atoms with Gasteiger partial charge in [0.25, 0.3) is 0 Å². The Labute approximate surface area is 78.7 Å². The first kappa shape index (κ1) is 11.2. The third-order valence-electron chi connectivity index (χ3n) is 1.96. The number of aliphatic hydroxyl groups is 1. The molecular weight excluding hydrogens is 191 g/mol. The fourth-order valence-electron chi connectivity index (χ4n) is 1.34. The molecule has 0 bridgehead atoms. The Bertz CT molecular complexity index is 212. The van der Waals surface area contributed by atoms with Crippen LogP contribution >= 0.6 is 7.37 Å². The quantitative estimate of drug-likeness (QED) is 0.705. The zero-order chi connectivity index (χ0) is 10.1. The van der Waals surface area contributed by atoms with Gasteiger partial charge in [0.15, 0.2) is 7.37 Å². The van der Waals surface area contributed by atoms with E-state index in [2.05, 4.69) is 0 Å². The van der Waals surface area contributed by atoms with Gasteiger partial charge in [-0.05, 0) is 6.92 Å². The molecule has 1 unspecified atom stereocenters. The lowest BCUT2D eigenvalue weighted by molar-refractivity contribution is -0.00996. The topological polar surface area (TPSA) is 55.8 Å². The third kappa shape index (κ3) is 3.77. The second kappa shape index (κ2) is 4.09. The first-order valence-electron chi connectivity index (χ1n) is 4.41. The van der Waals surface area contributed by atoms with Gasteiger partial charge in [-0.2, -0.15) is 0 Å². The van der Waals surface area contributed by atoms with E-state index in [1.807, 2.05) is 6.92 Å². The number of rotatable bonds is 3. The van der Waals surface area contributed by atoms with Gasteiger partial charge >= 0.3 is 0 Å². The molecule has 13 heavy (non-hydrogen) atoms. The van der Waals surface area contributed by atoms with Gasteiger partial charge in [0.1, 0.15) is 6.10 Å². The summed E-state index contributed by atoms with van der Waals surface area (Å²) in [5.41, 5.74) is 0. The average Bonchev–Trinajstić information content (AvgIpc) is 2.24. The molecule has 0 saturated carbocycles. The molecule has 5 heteroatoms. The molecule has 78 valence electrons. The van der Waals surface area contributed by atoms with E-state index >= 15 is 0 Å². The van der Waals surface area contributed by atoms with E-state index in [4.69, 9.17) is 9.26 Å². The molecule has 1 N–H and O–H groups in total. The fraction of sp³-hybridized carbons (Fsp3) is 1.00. The van der Waals surface area contributed by atoms with E-state index in [0.29, 0.717) is 6.42 Å². The van der Waals surface area contributed by atoms with Gasteiger partial charge in [0.05, 0.1) is 18.8 Å². The van der Waals surface area contributed by atoms with Crippen LogP contribution in [-0.2, 0) is 13.8 Å². The van der Waals surface area contributed by atoms with Crippen molar-refractivity contribution in [1.29, 1.82) is 0 Å². The van der Waals surface area contributed by atoms with E-state index in [-0.39, 0.29) is 18.8 Å². The zero-order valence-corrected chi connectivity index (χ0v) is 9.16. The maximum absolute atomic E-state index is 11.2. The molecule has 0 aromatic carbocycles. The van der Waals surface area contributed by atoms with Gasteiger partial charge in [0, 0.05) is 19.8 Å². The van der Waals surface area contributed by atoms with Crippen molar-refractivity contribution >= 4 is 7.37 Å². The predicted molar refractivity (Wildman–Crippen MR) is 50.4 cm³/mol. The Morgan fingerprint density at radius 2 is 2.23 bits per heavy atom. The fourth-order valence-corrected chi connectivity index (χ4v) is 1.85. The molecule has 1 rings (SSSR count). The van der Waals surface area contributed by atoms with Crippen LogP contribution in [0.2, 0.25) is 0 Å². The van der Waals surface area contributed by atoms with Crippen LogP contribution in [0.5, 0.6) is 0 Å². The summed E-state index contributed by atoms with van der Waals surface area (Å²) in [6.07, 6.45) is -0.104. The Kier molecular flexibility index (Phi) is 3.52. The Morgan fingerprint density at radius 1 is 1.62 bits per heavy atom. The minimum absolute atomic E-state index is 0.0664. The number of hydrogen-bond donors (Lipinski definition) is 1. The summed E-state index contributed by atoms with van der Waals surface area (Å²) >= 11 is 0. The first-order valence-corrected chi connectivity index (χ1v) is 6.93. The Morgan fingerprint density at radius 3 is 2.62 bits per heavy atom. The highest BCUT2D eigenvalue weighted by Gasteiger charge is 2.32. The second-order valence-corrected chi connectivity index (χ2v) is 6.60. The molecule has 0 amide bonds. The van der Waals surface area contributed by atoms with Crippen molar-refractivity contribution in [2.45, 2.75) is 31.7 Å². The summed E-state index contributed by atoms with van der Waals surface area (Å²) in [4.78, 5) is 0. The third-order valence-corrected chi connectivity index (χ3v) is 2.73. The summed E-state index contributed by atoms with van der Waals surface area (Å²) in [6.45, 7) is 5.23. The van der Waals surface area contributed by atoms with Gasteiger partial charge in [0.2, 0.25) is 0 Å². The lowest BCUT2D eigenvalue weighted by Crippen LogP contribution is -2.25. The summed E-state index contributed by atoms with van der Waals surface area (Å²) in [7, 11) is -2.46. The average molecular weight is 208 g/mol. The monoisotopic (exact) mass is 208 g/mol. The number of hydrogen-bond acceptors (Lipinski definition) is 4. The van der Waals surface area contributed by atoms with Crippen LogP contribution in [0, 0.1) is 0 Å². The molecule has 1 fully saturated rings. The van der Waals surface area contributed by atoms with Gasteiger partial charge < -0.3 is 14.4 Å². The van der Waals surface area contributed by atoms with Gasteiger partial charge in [-0.1, -0.05) is 0 Å². The number of ether oxygens (including phenoxy) is 1. The van der Waals surface area contributed by atoms with Crippen LogP contribution in [0.3, 0.4) is 0 Å². The van der Waals surface area contributed by atoms with Gasteiger partial charge in [-0.15, -0.1) is 0 Å². The van der Waals surface area contributed by atoms with Crippen molar-refractivity contribution in [2.75, 3.05) is 19.9 Å². The summed E-state index contributed by atoms with van der Waals surface area (Å²) in [5.74, 6) is 0. The first-order chi connectivity index (χ1) is 5.88. The highest BCUT2D eigenvalue weighted by atomic mass is 31.2. The summed E-state index contributed by atoms with van der Waals surface area (Å²) in [6, 6.07) is 0. The molecule has 0 aromatic rings. The van der Waals surface area contributed by atoms with Crippen LogP contribution in [-0.4, -0.2) is 43.4 Å². The zero-order valence-electron chi connectivity index (χ0n) is 8.27. The minimum Gasteiger partial charge on any atom is -0.390 e. The second-order valence-electron chi connectivity index (χ2n) is 3.84. The molecule has 4 nitrogen and oxygen atoms in total. The van der Waals surface area contributed by atoms with Gasteiger partial charge in [-0.25, -0.2) is 0 Å². The van der Waals surface area contributed by atoms with E-state index in [1.165, 1.54) is 0 Å². The Hall–Kier alpha value is 0.110. The minimum atomic E-state index is -2.46. The number of aliphatic hydroxyl groups excluding tert-OH is 1. The van der Waals surface area contributed by atoms with Crippen LogP contribution in [0.1, 0.15) is 13.3 Å². The van der Waals surface area contributed by atoms with E-state index in [1.54, 1.807) is 13.3 Å². The smallest absolute Gasteiger partial charge is 0.197 e. The predicted octanol–water partition coefficient (Wildman–Crippen LogP) is 1.08. The van der Waals surface area contributed by atoms with Crippen molar-refractivity contribution in [3.63, 3.8) is 0 Å². The highest BCUT2D eigenvalue weighted by molar-refractivity contribution is 7.57. The lowest BCUT2D eigenvalue weighted by atomic mass is 10.1. The molecule has 1 saturated heterocycles. The molecule has 0 aliphatic carbocycles. The standard InChI is InChI=1S/C8H17O4P/c1-6-4-7(9)8(12-6)5-11-13(2,3)10/h6-9H,4-5H2,1-3H3/t6?,7-,8+/m1/s1. The Balaban J connectivity index is 2.34. The largest absolute Gasteiger partial charge is 0.390 e. The van der Waals surface area contributed by atoms with Crippen LogP contribution in [0.25, 0.3) is 0 Å². The molecule has 1 aliphatic heterocycles. The molecule has 3 atom stereocenters. The van der Waals surface area contributed by atoms with E-state index < -0.39 is 13.5 Å². The van der Waals surface area contributed by atoms with Crippen LogP contribution < -0.4 is 0 Å². The van der Waals surface area contributed by atoms with Crippen molar-refractivity contribution in [3.8, 4) is 0 Å². The van der Waals surface area contributed by atoms with Crippen molar-refractivity contribution in [1.82, 2.24) is 0 Å². The van der Waals surface area contributed by atoms with E-state index in [9.17, 15) is 9.67 Å².